The number of nitrogen functional groups attached to an aromatic ring is 1. The first-order valence-electron chi connectivity index (χ1n) is 4.90. The number of allylic oxidation sites excluding steroid dienone is 1. The molecule has 0 radical (unpaired) electrons. The minimum atomic E-state index is 0.167. The number of nitrogens with zero attached hydrogens (tertiary/aromatic N) is 1. The Kier molecular flexibility index (Phi) is 4.39. The summed E-state index contributed by atoms with van der Waals surface area (Å²) >= 11 is 11.9. The van der Waals surface area contributed by atoms with Gasteiger partial charge in [0.1, 0.15) is 5.69 Å². The van der Waals surface area contributed by atoms with E-state index in [4.69, 9.17) is 28.9 Å². The van der Waals surface area contributed by atoms with Crippen LogP contribution in [0.15, 0.2) is 34.8 Å². The number of hydrogen-bond acceptors (Lipinski definition) is 2. The van der Waals surface area contributed by atoms with Crippen molar-refractivity contribution >= 4 is 40.3 Å². The van der Waals surface area contributed by atoms with E-state index in [-0.39, 0.29) is 5.92 Å². The average molecular weight is 257 g/mol. The predicted octanol–water partition coefficient (Wildman–Crippen LogP) is 4.40. The van der Waals surface area contributed by atoms with Crippen LogP contribution in [-0.2, 0) is 0 Å². The summed E-state index contributed by atoms with van der Waals surface area (Å²) in [7, 11) is 0. The van der Waals surface area contributed by atoms with Gasteiger partial charge >= 0.3 is 0 Å². The lowest BCUT2D eigenvalue weighted by Crippen LogP contribution is -2.06. The highest BCUT2D eigenvalue weighted by Gasteiger charge is 2.10. The summed E-state index contributed by atoms with van der Waals surface area (Å²) in [5.74, 6) is 0.167. The largest absolute Gasteiger partial charge is 0.397 e. The van der Waals surface area contributed by atoms with Crippen molar-refractivity contribution in [1.82, 2.24) is 0 Å². The van der Waals surface area contributed by atoms with Crippen LogP contribution >= 0.6 is 23.2 Å². The second kappa shape index (κ2) is 5.37. The number of nitrogens with two attached hydrogens (primary N) is 1. The van der Waals surface area contributed by atoms with Crippen LogP contribution < -0.4 is 5.73 Å². The van der Waals surface area contributed by atoms with Crippen molar-refractivity contribution in [3.05, 3.63) is 34.8 Å². The molecular weight excluding hydrogens is 243 g/mol. The Bertz CT molecular complexity index is 416. The first kappa shape index (κ1) is 13.1. The van der Waals surface area contributed by atoms with Gasteiger partial charge in [0.25, 0.3) is 0 Å². The van der Waals surface area contributed by atoms with E-state index < -0.39 is 0 Å². The fourth-order valence-corrected chi connectivity index (χ4v) is 1.76. The molecule has 86 valence electrons. The summed E-state index contributed by atoms with van der Waals surface area (Å²) in [5, 5.41) is 0.922. The van der Waals surface area contributed by atoms with Gasteiger partial charge in [-0.1, -0.05) is 49.7 Å². The van der Waals surface area contributed by atoms with E-state index in [0.717, 1.165) is 0 Å². The molecule has 0 atom stereocenters. The molecule has 0 aliphatic heterocycles. The third kappa shape index (κ3) is 3.00. The second-order valence-electron chi connectivity index (χ2n) is 3.73. The molecule has 0 saturated carbocycles. The van der Waals surface area contributed by atoms with E-state index >= 15 is 0 Å². The molecule has 4 heteroatoms. The zero-order valence-corrected chi connectivity index (χ0v) is 10.8. The van der Waals surface area contributed by atoms with Crippen molar-refractivity contribution < 1.29 is 0 Å². The Morgan fingerprint density at radius 2 is 2.06 bits per heavy atom. The minimum absolute atomic E-state index is 0.167. The molecule has 1 aromatic rings. The van der Waals surface area contributed by atoms with Gasteiger partial charge in [-0.3, -0.25) is 0 Å². The Labute approximate surface area is 106 Å². The smallest absolute Gasteiger partial charge is 0.105 e. The normalized spacial score (nSPS) is 11.9. The van der Waals surface area contributed by atoms with Gasteiger partial charge in [0.15, 0.2) is 0 Å². The molecule has 0 saturated heterocycles. The monoisotopic (exact) mass is 256 g/mol. The van der Waals surface area contributed by atoms with Crippen molar-refractivity contribution in [2.75, 3.05) is 5.73 Å². The molecular formula is C12H14Cl2N2. The quantitative estimate of drug-likeness (QED) is 0.632. The predicted molar refractivity (Wildman–Crippen MR) is 72.8 cm³/mol. The molecule has 2 nitrogen and oxygen atoms in total. The van der Waals surface area contributed by atoms with Gasteiger partial charge in [-0.05, 0) is 18.1 Å². The molecule has 1 rings (SSSR count). The molecule has 2 N–H and O–H groups in total. The van der Waals surface area contributed by atoms with Gasteiger partial charge in [-0.15, -0.1) is 0 Å². The summed E-state index contributed by atoms with van der Waals surface area (Å²) in [4.78, 5) is 4.38. The van der Waals surface area contributed by atoms with E-state index in [1.54, 1.807) is 18.2 Å². The Hall–Kier alpha value is -0.990. The maximum atomic E-state index is 6.02. The van der Waals surface area contributed by atoms with Crippen LogP contribution in [0.3, 0.4) is 0 Å². The summed E-state index contributed by atoms with van der Waals surface area (Å²) < 4.78 is 0. The van der Waals surface area contributed by atoms with Gasteiger partial charge in [0.05, 0.1) is 21.5 Å². The van der Waals surface area contributed by atoms with E-state index in [9.17, 15) is 0 Å². The molecule has 0 aromatic heterocycles. The lowest BCUT2D eigenvalue weighted by Gasteiger charge is -2.10. The van der Waals surface area contributed by atoms with Crippen LogP contribution in [0.4, 0.5) is 11.4 Å². The number of anilines is 1. The second-order valence-corrected chi connectivity index (χ2v) is 4.60. The van der Waals surface area contributed by atoms with Crippen LogP contribution in [0.5, 0.6) is 0 Å². The van der Waals surface area contributed by atoms with Gasteiger partial charge in [-0.2, -0.15) is 0 Å². The summed E-state index contributed by atoms with van der Waals surface area (Å²) in [6.45, 7) is 7.65. The standard InChI is InChI=1S/C12H14Cl2N2/c1-7(2)11(8(3)13)16-12-9(14)5-4-6-10(12)15/h4-7H,3,15H2,1-2H3/b16-11-. The zero-order chi connectivity index (χ0) is 12.3. The number of benzene rings is 1. The van der Waals surface area contributed by atoms with Crippen molar-refractivity contribution in [2.24, 2.45) is 10.9 Å². The Balaban J connectivity index is 3.28. The lowest BCUT2D eigenvalue weighted by atomic mass is 10.1. The SMILES string of the molecule is C=C(Cl)/C(=N\c1c(N)cccc1Cl)C(C)C. The van der Waals surface area contributed by atoms with E-state index in [0.29, 0.717) is 27.1 Å². The highest BCUT2D eigenvalue weighted by atomic mass is 35.5. The molecule has 0 aliphatic rings. The number of para-hydroxylation sites is 1. The summed E-state index contributed by atoms with van der Waals surface area (Å²) in [5.41, 5.74) is 7.58. The van der Waals surface area contributed by atoms with Crippen molar-refractivity contribution in [2.45, 2.75) is 13.8 Å². The van der Waals surface area contributed by atoms with Crippen LogP contribution in [0.25, 0.3) is 0 Å². The Morgan fingerprint density at radius 1 is 1.44 bits per heavy atom. The maximum Gasteiger partial charge on any atom is 0.105 e. The Morgan fingerprint density at radius 3 is 2.50 bits per heavy atom. The number of hydrogen-bond donors (Lipinski definition) is 1. The fraction of sp³-hybridized carbons (Fsp3) is 0.250. The van der Waals surface area contributed by atoms with E-state index in [1.165, 1.54) is 0 Å². The highest BCUT2D eigenvalue weighted by molar-refractivity contribution is 6.43. The number of aliphatic imine (C=N–C) groups is 1. The molecule has 0 heterocycles. The fourth-order valence-electron chi connectivity index (χ4n) is 1.27. The third-order valence-electron chi connectivity index (χ3n) is 2.08. The zero-order valence-electron chi connectivity index (χ0n) is 9.30. The van der Waals surface area contributed by atoms with Gasteiger partial charge in [0.2, 0.25) is 0 Å². The molecule has 0 fully saturated rings. The average Bonchev–Trinajstić information content (AvgIpc) is 2.15. The lowest BCUT2D eigenvalue weighted by molar-refractivity contribution is 0.888. The molecule has 1 aromatic carbocycles. The van der Waals surface area contributed by atoms with Crippen LogP contribution in [-0.4, -0.2) is 5.71 Å². The van der Waals surface area contributed by atoms with Crippen molar-refractivity contribution in [1.29, 1.82) is 0 Å². The van der Waals surface area contributed by atoms with Crippen molar-refractivity contribution in [3.63, 3.8) is 0 Å². The molecule has 0 bridgehead atoms. The first-order chi connectivity index (χ1) is 7.43. The van der Waals surface area contributed by atoms with Crippen molar-refractivity contribution in [3.8, 4) is 0 Å². The molecule has 16 heavy (non-hydrogen) atoms. The molecule has 0 spiro atoms. The summed E-state index contributed by atoms with van der Waals surface area (Å²) in [6, 6.07) is 5.27. The number of rotatable bonds is 3. The minimum Gasteiger partial charge on any atom is -0.397 e. The van der Waals surface area contributed by atoms with Gasteiger partial charge in [0, 0.05) is 0 Å². The molecule has 0 amide bonds. The maximum absolute atomic E-state index is 6.02. The van der Waals surface area contributed by atoms with E-state index in [1.807, 2.05) is 13.8 Å². The van der Waals surface area contributed by atoms with Crippen LogP contribution in [0, 0.1) is 5.92 Å². The van der Waals surface area contributed by atoms with Gasteiger partial charge in [-0.25, -0.2) is 4.99 Å². The third-order valence-corrected chi connectivity index (χ3v) is 2.57. The molecule has 0 aliphatic carbocycles. The first-order valence-corrected chi connectivity index (χ1v) is 5.66. The molecule has 0 unspecified atom stereocenters. The van der Waals surface area contributed by atoms with E-state index in [2.05, 4.69) is 11.6 Å². The van der Waals surface area contributed by atoms with Crippen LogP contribution in [0.2, 0.25) is 5.02 Å². The number of halogens is 2. The topological polar surface area (TPSA) is 38.4 Å². The van der Waals surface area contributed by atoms with Crippen LogP contribution in [0.1, 0.15) is 13.8 Å². The van der Waals surface area contributed by atoms with Gasteiger partial charge < -0.3 is 5.73 Å². The summed E-state index contributed by atoms with van der Waals surface area (Å²) in [6.07, 6.45) is 0. The highest BCUT2D eigenvalue weighted by Crippen LogP contribution is 2.32.